The molecule has 1 aromatic rings. The number of unbranched alkanes of at least 4 members (excludes halogenated alkanes) is 3. The van der Waals surface area contributed by atoms with Crippen molar-refractivity contribution in [1.82, 2.24) is 0 Å². The fourth-order valence-electron chi connectivity index (χ4n) is 3.45. The van der Waals surface area contributed by atoms with E-state index in [2.05, 4.69) is 19.1 Å². The number of rotatable bonds is 11. The van der Waals surface area contributed by atoms with Gasteiger partial charge < -0.3 is 5.11 Å². The highest BCUT2D eigenvalue weighted by Gasteiger charge is 2.17. The summed E-state index contributed by atoms with van der Waals surface area (Å²) in [5.74, 6) is -0.764. The third-order valence-electron chi connectivity index (χ3n) is 4.67. The van der Waals surface area contributed by atoms with E-state index in [1.54, 1.807) is 0 Å². The number of Topliss-reactive ketones (excluding diaryl/α,β-unsaturated/α-hetero) is 1. The number of carboxylic acid groups (broad SMARTS) is 1. The highest BCUT2D eigenvalue weighted by molar-refractivity contribution is 5.98. The van der Waals surface area contributed by atoms with Crippen molar-refractivity contribution in [1.29, 1.82) is 0 Å². The molecular formula is C21H32O3. The molecule has 0 heterocycles. The van der Waals surface area contributed by atoms with Crippen LogP contribution >= 0.6 is 0 Å². The summed E-state index contributed by atoms with van der Waals surface area (Å²) < 4.78 is 0. The van der Waals surface area contributed by atoms with Gasteiger partial charge in [-0.15, -0.1) is 0 Å². The van der Waals surface area contributed by atoms with Crippen LogP contribution in [0.25, 0.3) is 0 Å². The summed E-state index contributed by atoms with van der Waals surface area (Å²) in [6.07, 6.45) is 6.69. The molecule has 0 aliphatic carbocycles. The van der Waals surface area contributed by atoms with E-state index < -0.39 is 5.97 Å². The van der Waals surface area contributed by atoms with Crippen molar-refractivity contribution in [3.05, 3.63) is 34.4 Å². The molecular weight excluding hydrogens is 300 g/mol. The van der Waals surface area contributed by atoms with Gasteiger partial charge in [0, 0.05) is 12.0 Å². The van der Waals surface area contributed by atoms with Crippen molar-refractivity contribution in [2.24, 2.45) is 5.92 Å². The molecule has 3 heteroatoms. The fourth-order valence-corrected chi connectivity index (χ4v) is 3.45. The second-order valence-electron chi connectivity index (χ2n) is 6.97. The molecule has 0 spiro atoms. The normalized spacial score (nSPS) is 12.2. The molecule has 0 aliphatic rings. The smallest absolute Gasteiger partial charge is 0.306 e. The van der Waals surface area contributed by atoms with Crippen LogP contribution in [0.4, 0.5) is 0 Å². The number of aryl methyl sites for hydroxylation is 3. The summed E-state index contributed by atoms with van der Waals surface area (Å²) in [6.45, 7) is 8.14. The topological polar surface area (TPSA) is 54.4 Å². The number of carbonyl (C=O) groups excluding carboxylic acids is 1. The lowest BCUT2D eigenvalue weighted by Gasteiger charge is -2.13. The average Bonchev–Trinajstić information content (AvgIpc) is 2.48. The summed E-state index contributed by atoms with van der Waals surface area (Å²) >= 11 is 0. The molecule has 0 saturated heterocycles. The first-order valence-electron chi connectivity index (χ1n) is 9.20. The van der Waals surface area contributed by atoms with Gasteiger partial charge in [0.1, 0.15) is 0 Å². The van der Waals surface area contributed by atoms with Crippen LogP contribution in [-0.2, 0) is 4.79 Å². The van der Waals surface area contributed by atoms with E-state index in [1.807, 2.05) is 20.8 Å². The Balaban J connectivity index is 2.46. The van der Waals surface area contributed by atoms with Crippen molar-refractivity contribution in [2.75, 3.05) is 0 Å². The summed E-state index contributed by atoms with van der Waals surface area (Å²) in [5, 5.41) is 9.29. The number of carboxylic acids is 1. The third kappa shape index (κ3) is 6.46. The number of ketones is 1. The Kier molecular flexibility index (Phi) is 8.73. The van der Waals surface area contributed by atoms with Crippen LogP contribution < -0.4 is 0 Å². The minimum absolute atomic E-state index is 0.183. The Labute approximate surface area is 146 Å². The monoisotopic (exact) mass is 332 g/mol. The van der Waals surface area contributed by atoms with E-state index in [9.17, 15) is 14.7 Å². The molecule has 0 radical (unpaired) electrons. The Bertz CT molecular complexity index is 537. The lowest BCUT2D eigenvalue weighted by molar-refractivity contribution is -0.142. The van der Waals surface area contributed by atoms with E-state index in [1.165, 1.54) is 5.56 Å². The second kappa shape index (κ2) is 10.3. The molecule has 0 aromatic heterocycles. The zero-order chi connectivity index (χ0) is 18.1. The van der Waals surface area contributed by atoms with Crippen LogP contribution in [-0.4, -0.2) is 16.9 Å². The molecule has 0 amide bonds. The van der Waals surface area contributed by atoms with Crippen molar-refractivity contribution in [3.8, 4) is 0 Å². The van der Waals surface area contributed by atoms with Crippen molar-refractivity contribution < 1.29 is 14.7 Å². The van der Waals surface area contributed by atoms with Gasteiger partial charge >= 0.3 is 5.97 Å². The molecule has 0 fully saturated rings. The first kappa shape index (κ1) is 20.4. The summed E-state index contributed by atoms with van der Waals surface area (Å²) in [6, 6.07) is 4.10. The Hall–Kier alpha value is -1.64. The highest BCUT2D eigenvalue weighted by Crippen LogP contribution is 2.21. The second-order valence-corrected chi connectivity index (χ2v) is 6.97. The molecule has 1 unspecified atom stereocenters. The number of hydrogen-bond donors (Lipinski definition) is 1. The maximum Gasteiger partial charge on any atom is 0.306 e. The Morgan fingerprint density at radius 3 is 2.00 bits per heavy atom. The minimum Gasteiger partial charge on any atom is -0.481 e. The van der Waals surface area contributed by atoms with E-state index >= 15 is 0 Å². The van der Waals surface area contributed by atoms with Crippen LogP contribution in [0.2, 0.25) is 0 Å². The average molecular weight is 332 g/mol. The molecule has 0 aliphatic heterocycles. The van der Waals surface area contributed by atoms with E-state index in [4.69, 9.17) is 0 Å². The molecule has 0 bridgehead atoms. The molecule has 3 nitrogen and oxygen atoms in total. The summed E-state index contributed by atoms with van der Waals surface area (Å²) in [7, 11) is 0. The maximum atomic E-state index is 12.5. The standard InChI is InChI=1S/C21H32O3/c1-5-6-7-10-18(21(23)24)11-8-9-12-19(22)20-16(3)13-15(2)14-17(20)4/h13-14,18H,5-12H2,1-4H3,(H,23,24). The van der Waals surface area contributed by atoms with Crippen molar-refractivity contribution >= 4 is 11.8 Å². The van der Waals surface area contributed by atoms with Gasteiger partial charge in [-0.3, -0.25) is 9.59 Å². The van der Waals surface area contributed by atoms with Gasteiger partial charge in [0.05, 0.1) is 5.92 Å². The van der Waals surface area contributed by atoms with Gasteiger partial charge in [-0.05, 0) is 51.2 Å². The van der Waals surface area contributed by atoms with Gasteiger partial charge in [0.2, 0.25) is 0 Å². The van der Waals surface area contributed by atoms with Gasteiger partial charge in [-0.2, -0.15) is 0 Å². The largest absolute Gasteiger partial charge is 0.481 e. The number of carbonyl (C=O) groups is 2. The molecule has 24 heavy (non-hydrogen) atoms. The third-order valence-corrected chi connectivity index (χ3v) is 4.67. The summed E-state index contributed by atoms with van der Waals surface area (Å²) in [4.78, 5) is 23.8. The molecule has 1 aromatic carbocycles. The molecule has 1 rings (SSSR count). The lowest BCUT2D eigenvalue weighted by atomic mass is 9.92. The molecule has 134 valence electrons. The number of aliphatic carboxylic acids is 1. The van der Waals surface area contributed by atoms with E-state index in [0.29, 0.717) is 12.8 Å². The SMILES string of the molecule is CCCCCC(CCCCC(=O)c1c(C)cc(C)cc1C)C(=O)O. The quantitative estimate of drug-likeness (QED) is 0.421. The summed E-state index contributed by atoms with van der Waals surface area (Å²) in [5.41, 5.74) is 4.11. The van der Waals surface area contributed by atoms with Gasteiger partial charge in [-0.25, -0.2) is 0 Å². The number of hydrogen-bond acceptors (Lipinski definition) is 2. The van der Waals surface area contributed by atoms with Crippen LogP contribution in [0.1, 0.15) is 85.3 Å². The van der Waals surface area contributed by atoms with E-state index in [-0.39, 0.29) is 11.7 Å². The zero-order valence-corrected chi connectivity index (χ0v) is 15.7. The van der Waals surface area contributed by atoms with Crippen molar-refractivity contribution in [2.45, 2.75) is 79.1 Å². The van der Waals surface area contributed by atoms with Crippen LogP contribution in [0, 0.1) is 26.7 Å². The predicted molar refractivity (Wildman–Crippen MR) is 98.7 cm³/mol. The van der Waals surface area contributed by atoms with Crippen LogP contribution in [0.5, 0.6) is 0 Å². The van der Waals surface area contributed by atoms with Crippen LogP contribution in [0.3, 0.4) is 0 Å². The lowest BCUT2D eigenvalue weighted by Crippen LogP contribution is -2.14. The first-order valence-corrected chi connectivity index (χ1v) is 9.20. The Morgan fingerprint density at radius 2 is 1.50 bits per heavy atom. The van der Waals surface area contributed by atoms with Crippen LogP contribution in [0.15, 0.2) is 12.1 Å². The van der Waals surface area contributed by atoms with Gasteiger partial charge in [0.25, 0.3) is 0 Å². The molecule has 1 N–H and O–H groups in total. The highest BCUT2D eigenvalue weighted by atomic mass is 16.4. The fraction of sp³-hybridized carbons (Fsp3) is 0.619. The zero-order valence-electron chi connectivity index (χ0n) is 15.7. The molecule has 0 saturated carbocycles. The van der Waals surface area contributed by atoms with Gasteiger partial charge in [-0.1, -0.05) is 50.3 Å². The van der Waals surface area contributed by atoms with Gasteiger partial charge in [0.15, 0.2) is 5.78 Å². The number of benzene rings is 1. The Morgan fingerprint density at radius 1 is 0.958 bits per heavy atom. The maximum absolute atomic E-state index is 12.5. The minimum atomic E-state index is -0.692. The van der Waals surface area contributed by atoms with Crippen molar-refractivity contribution in [3.63, 3.8) is 0 Å². The predicted octanol–water partition coefficient (Wildman–Crippen LogP) is 5.64. The van der Waals surface area contributed by atoms with E-state index in [0.717, 1.165) is 55.2 Å². The first-order chi connectivity index (χ1) is 11.4. The molecule has 1 atom stereocenters.